The van der Waals surface area contributed by atoms with Crippen molar-refractivity contribution in [3.63, 3.8) is 0 Å². The monoisotopic (exact) mass is 247 g/mol. The Kier molecular flexibility index (Phi) is 4.25. The number of benzene rings is 1. The maximum atomic E-state index is 5.87. The van der Waals surface area contributed by atoms with Crippen LogP contribution in [0.25, 0.3) is 0 Å². The minimum Gasteiger partial charge on any atom is -0.369 e. The lowest BCUT2D eigenvalue weighted by Gasteiger charge is -2.38. The maximum Gasteiger partial charge on any atom is 0.0367 e. The van der Waals surface area contributed by atoms with Gasteiger partial charge in [0.15, 0.2) is 0 Å². The number of nitrogens with two attached hydrogens (primary N) is 1. The molecular formula is C15H25N3. The first kappa shape index (κ1) is 13.4. The lowest BCUT2D eigenvalue weighted by Crippen LogP contribution is -2.48. The molecule has 0 unspecified atom stereocenters. The van der Waals surface area contributed by atoms with Crippen molar-refractivity contribution < 1.29 is 0 Å². The summed E-state index contributed by atoms with van der Waals surface area (Å²) in [6.07, 6.45) is 0. The Balaban J connectivity index is 1.97. The summed E-state index contributed by atoms with van der Waals surface area (Å²) in [5.41, 5.74) is 8.40. The lowest BCUT2D eigenvalue weighted by molar-refractivity contribution is 0.209. The predicted octanol–water partition coefficient (Wildman–Crippen LogP) is 2.24. The molecule has 1 atom stereocenters. The van der Waals surface area contributed by atoms with Crippen LogP contribution in [0.5, 0.6) is 0 Å². The number of hydrogen-bond donors (Lipinski definition) is 1. The van der Waals surface area contributed by atoms with Crippen molar-refractivity contribution in [3.05, 3.63) is 29.8 Å². The van der Waals surface area contributed by atoms with E-state index < -0.39 is 0 Å². The molecule has 1 aromatic carbocycles. The maximum absolute atomic E-state index is 5.87. The zero-order valence-corrected chi connectivity index (χ0v) is 11.8. The van der Waals surface area contributed by atoms with Crippen LogP contribution >= 0.6 is 0 Å². The van der Waals surface area contributed by atoms with Crippen LogP contribution in [0.4, 0.5) is 5.69 Å². The molecule has 0 aliphatic carbocycles. The molecule has 0 amide bonds. The van der Waals surface area contributed by atoms with Gasteiger partial charge >= 0.3 is 0 Å². The van der Waals surface area contributed by atoms with Crippen LogP contribution in [0.1, 0.15) is 32.4 Å². The van der Waals surface area contributed by atoms with E-state index >= 15 is 0 Å². The van der Waals surface area contributed by atoms with E-state index in [2.05, 4.69) is 47.9 Å². The predicted molar refractivity (Wildman–Crippen MR) is 78.0 cm³/mol. The van der Waals surface area contributed by atoms with E-state index in [1.807, 2.05) is 6.92 Å². The molecule has 0 radical (unpaired) electrons. The molecule has 1 aliphatic rings. The van der Waals surface area contributed by atoms with Crippen molar-refractivity contribution in [1.82, 2.24) is 4.90 Å². The van der Waals surface area contributed by atoms with Crippen molar-refractivity contribution in [2.24, 2.45) is 5.73 Å². The van der Waals surface area contributed by atoms with Gasteiger partial charge in [-0.3, -0.25) is 4.90 Å². The molecule has 2 N–H and O–H groups in total. The van der Waals surface area contributed by atoms with Gasteiger partial charge in [0.1, 0.15) is 0 Å². The van der Waals surface area contributed by atoms with Gasteiger partial charge in [-0.2, -0.15) is 0 Å². The van der Waals surface area contributed by atoms with Crippen molar-refractivity contribution in [3.8, 4) is 0 Å². The molecule has 3 nitrogen and oxygen atoms in total. The molecule has 2 rings (SSSR count). The van der Waals surface area contributed by atoms with Crippen LogP contribution in [0.15, 0.2) is 24.3 Å². The largest absolute Gasteiger partial charge is 0.369 e. The molecule has 1 aliphatic heterocycles. The third-order valence-electron chi connectivity index (χ3n) is 3.83. The molecular weight excluding hydrogens is 222 g/mol. The summed E-state index contributed by atoms with van der Waals surface area (Å²) in [4.78, 5) is 5.00. The molecule has 3 heteroatoms. The van der Waals surface area contributed by atoms with Crippen LogP contribution in [0, 0.1) is 0 Å². The highest BCUT2D eigenvalue weighted by Gasteiger charge is 2.18. The van der Waals surface area contributed by atoms with E-state index in [9.17, 15) is 0 Å². The Morgan fingerprint density at radius 2 is 1.50 bits per heavy atom. The zero-order chi connectivity index (χ0) is 13.1. The van der Waals surface area contributed by atoms with Gasteiger partial charge in [0.05, 0.1) is 0 Å². The molecule has 1 heterocycles. The Labute approximate surface area is 111 Å². The van der Waals surface area contributed by atoms with Crippen LogP contribution in [-0.2, 0) is 0 Å². The van der Waals surface area contributed by atoms with E-state index in [1.165, 1.54) is 11.3 Å². The first-order chi connectivity index (χ1) is 8.58. The summed E-state index contributed by atoms with van der Waals surface area (Å²) in [6, 6.07) is 9.47. The Morgan fingerprint density at radius 3 is 1.94 bits per heavy atom. The fourth-order valence-corrected chi connectivity index (χ4v) is 2.49. The highest BCUT2D eigenvalue weighted by atomic mass is 15.3. The summed E-state index contributed by atoms with van der Waals surface area (Å²) in [6.45, 7) is 11.1. The van der Waals surface area contributed by atoms with E-state index in [0.717, 1.165) is 26.2 Å². The fourth-order valence-electron chi connectivity index (χ4n) is 2.49. The second-order valence-electron chi connectivity index (χ2n) is 5.50. The van der Waals surface area contributed by atoms with Gasteiger partial charge in [0.2, 0.25) is 0 Å². The van der Waals surface area contributed by atoms with Crippen LogP contribution < -0.4 is 10.6 Å². The van der Waals surface area contributed by atoms with Crippen LogP contribution in [0.2, 0.25) is 0 Å². The van der Waals surface area contributed by atoms with Crippen molar-refractivity contribution in [2.45, 2.75) is 32.9 Å². The molecule has 1 fully saturated rings. The van der Waals surface area contributed by atoms with E-state index in [-0.39, 0.29) is 6.04 Å². The first-order valence-corrected chi connectivity index (χ1v) is 6.92. The SMILES string of the molecule is CC(C)N1CCN(c2ccc([C@@H](C)N)cc2)CC1. The third-order valence-corrected chi connectivity index (χ3v) is 3.83. The highest BCUT2D eigenvalue weighted by molar-refractivity contribution is 5.48. The fraction of sp³-hybridized carbons (Fsp3) is 0.600. The smallest absolute Gasteiger partial charge is 0.0367 e. The second-order valence-corrected chi connectivity index (χ2v) is 5.50. The molecule has 0 bridgehead atoms. The first-order valence-electron chi connectivity index (χ1n) is 6.92. The summed E-state index contributed by atoms with van der Waals surface area (Å²) in [5, 5.41) is 0. The van der Waals surface area contributed by atoms with Crippen LogP contribution in [-0.4, -0.2) is 37.1 Å². The van der Waals surface area contributed by atoms with Crippen molar-refractivity contribution >= 4 is 5.69 Å². The van der Waals surface area contributed by atoms with Gasteiger partial charge < -0.3 is 10.6 Å². The molecule has 0 spiro atoms. The summed E-state index contributed by atoms with van der Waals surface area (Å²) in [7, 11) is 0. The molecule has 18 heavy (non-hydrogen) atoms. The van der Waals surface area contributed by atoms with Crippen molar-refractivity contribution in [1.29, 1.82) is 0 Å². The summed E-state index contributed by atoms with van der Waals surface area (Å²) >= 11 is 0. The number of nitrogens with zero attached hydrogens (tertiary/aromatic N) is 2. The van der Waals surface area contributed by atoms with E-state index in [1.54, 1.807) is 0 Å². The van der Waals surface area contributed by atoms with Gasteiger partial charge in [-0.1, -0.05) is 12.1 Å². The molecule has 0 saturated carbocycles. The minimum atomic E-state index is 0.122. The van der Waals surface area contributed by atoms with Crippen LogP contribution in [0.3, 0.4) is 0 Å². The molecule has 100 valence electrons. The minimum absolute atomic E-state index is 0.122. The highest BCUT2D eigenvalue weighted by Crippen LogP contribution is 2.20. The quantitative estimate of drug-likeness (QED) is 0.889. The third kappa shape index (κ3) is 3.03. The average Bonchev–Trinajstić information content (AvgIpc) is 2.39. The Morgan fingerprint density at radius 1 is 0.944 bits per heavy atom. The zero-order valence-electron chi connectivity index (χ0n) is 11.8. The number of hydrogen-bond acceptors (Lipinski definition) is 3. The molecule has 1 saturated heterocycles. The van der Waals surface area contributed by atoms with Gasteiger partial charge in [-0.25, -0.2) is 0 Å². The molecule has 1 aromatic rings. The number of piperazine rings is 1. The van der Waals surface area contributed by atoms with E-state index in [0.29, 0.717) is 6.04 Å². The number of rotatable bonds is 3. The average molecular weight is 247 g/mol. The standard InChI is InChI=1S/C15H25N3/c1-12(2)17-8-10-18(11-9-17)15-6-4-14(5-7-15)13(3)16/h4-7,12-13H,8-11,16H2,1-3H3/t13-/m1/s1. The molecule has 0 aromatic heterocycles. The van der Waals surface area contributed by atoms with Crippen molar-refractivity contribution in [2.75, 3.05) is 31.1 Å². The topological polar surface area (TPSA) is 32.5 Å². The summed E-state index contributed by atoms with van der Waals surface area (Å²) < 4.78 is 0. The Hall–Kier alpha value is -1.06. The lowest BCUT2D eigenvalue weighted by atomic mass is 10.1. The van der Waals surface area contributed by atoms with Gasteiger partial charge in [0, 0.05) is 44.0 Å². The van der Waals surface area contributed by atoms with Gasteiger partial charge in [0.25, 0.3) is 0 Å². The number of anilines is 1. The normalized spacial score (nSPS) is 19.3. The van der Waals surface area contributed by atoms with Gasteiger partial charge in [-0.05, 0) is 38.5 Å². The Bertz CT molecular complexity index is 362. The second kappa shape index (κ2) is 5.72. The van der Waals surface area contributed by atoms with E-state index in [4.69, 9.17) is 5.73 Å². The van der Waals surface area contributed by atoms with Gasteiger partial charge in [-0.15, -0.1) is 0 Å². The summed E-state index contributed by atoms with van der Waals surface area (Å²) in [5.74, 6) is 0.